The Morgan fingerprint density at radius 2 is 2.09 bits per heavy atom. The number of aromatic nitrogens is 3. The number of hydrogen-bond acceptors (Lipinski definition) is 5. The van der Waals surface area contributed by atoms with Gasteiger partial charge in [0.1, 0.15) is 12.2 Å². The molecule has 2 atom stereocenters. The molecular weight excluding hydrogens is 424 g/mol. The summed E-state index contributed by atoms with van der Waals surface area (Å²) >= 11 is 0. The first-order valence-electron chi connectivity index (χ1n) is 11.3. The minimum atomic E-state index is -1.11. The minimum absolute atomic E-state index is 0.00503. The Bertz CT molecular complexity index is 941. The van der Waals surface area contributed by atoms with Crippen molar-refractivity contribution in [3.63, 3.8) is 0 Å². The lowest BCUT2D eigenvalue weighted by atomic mass is 9.99. The molecule has 32 heavy (non-hydrogen) atoms. The SMILES string of the molecule is CC(=O)N1CCCC(NC(=O)Nc2cnc3c(ccn3COCC[Si](C)(C)C)n2)C(C)C1. The van der Waals surface area contributed by atoms with Crippen molar-refractivity contribution in [1.82, 2.24) is 24.8 Å². The predicted molar refractivity (Wildman–Crippen MR) is 128 cm³/mol. The fourth-order valence-electron chi connectivity index (χ4n) is 3.84. The number of rotatable bonds is 7. The molecule has 10 heteroatoms. The highest BCUT2D eigenvalue weighted by Crippen LogP contribution is 2.18. The van der Waals surface area contributed by atoms with E-state index in [1.807, 2.05) is 21.7 Å². The average molecular weight is 461 g/mol. The number of carbonyl (C=O) groups is 2. The van der Waals surface area contributed by atoms with Gasteiger partial charge in [-0.1, -0.05) is 26.6 Å². The summed E-state index contributed by atoms with van der Waals surface area (Å²) in [5.41, 5.74) is 1.43. The number of anilines is 1. The van der Waals surface area contributed by atoms with Crippen LogP contribution in [0.2, 0.25) is 25.7 Å². The maximum absolute atomic E-state index is 12.6. The van der Waals surface area contributed by atoms with Gasteiger partial charge in [-0.3, -0.25) is 10.1 Å². The quantitative estimate of drug-likeness (QED) is 0.486. The molecule has 2 N–H and O–H groups in total. The molecule has 0 aromatic carbocycles. The molecule has 2 unspecified atom stereocenters. The molecule has 2 aromatic rings. The fraction of sp³-hybridized carbons (Fsp3) is 0.636. The minimum Gasteiger partial charge on any atom is -0.361 e. The number of fused-ring (bicyclic) bond motifs is 1. The van der Waals surface area contributed by atoms with Gasteiger partial charge in [0.15, 0.2) is 11.5 Å². The summed E-state index contributed by atoms with van der Waals surface area (Å²) in [6.07, 6.45) is 5.17. The molecule has 1 aliphatic rings. The van der Waals surface area contributed by atoms with E-state index in [9.17, 15) is 9.59 Å². The van der Waals surface area contributed by atoms with E-state index in [1.54, 1.807) is 13.1 Å². The normalized spacial score (nSPS) is 19.6. The van der Waals surface area contributed by atoms with E-state index >= 15 is 0 Å². The first-order chi connectivity index (χ1) is 15.1. The number of urea groups is 1. The zero-order valence-corrected chi connectivity index (χ0v) is 20.9. The lowest BCUT2D eigenvalue weighted by Crippen LogP contribution is -2.44. The summed E-state index contributed by atoms with van der Waals surface area (Å²) in [6.45, 7) is 13.2. The van der Waals surface area contributed by atoms with E-state index in [0.717, 1.165) is 37.7 Å². The van der Waals surface area contributed by atoms with Crippen molar-refractivity contribution in [2.45, 2.75) is 65.1 Å². The highest BCUT2D eigenvalue weighted by atomic mass is 28.3. The van der Waals surface area contributed by atoms with E-state index in [0.29, 0.717) is 24.6 Å². The molecule has 3 amide bonds. The van der Waals surface area contributed by atoms with Crippen LogP contribution in [-0.4, -0.2) is 65.2 Å². The average Bonchev–Trinajstić information content (AvgIpc) is 3.01. The molecule has 1 saturated heterocycles. The third-order valence-electron chi connectivity index (χ3n) is 5.83. The van der Waals surface area contributed by atoms with Gasteiger partial charge in [-0.2, -0.15) is 0 Å². The van der Waals surface area contributed by atoms with Gasteiger partial charge < -0.3 is 19.5 Å². The standard InChI is InChI=1S/C22H36N6O3Si/c1-16-14-27(17(2)29)9-6-7-18(16)25-22(30)26-20-13-23-21-19(24-20)8-10-28(21)15-31-11-12-32(3,4)5/h8,10,13,16,18H,6-7,9,11-12,14-15H2,1-5H3,(H2,24,25,26,30). The van der Waals surface area contributed by atoms with E-state index in [-0.39, 0.29) is 23.9 Å². The van der Waals surface area contributed by atoms with Gasteiger partial charge in [-0.05, 0) is 30.9 Å². The zero-order chi connectivity index (χ0) is 23.3. The van der Waals surface area contributed by atoms with Crippen molar-refractivity contribution in [3.05, 3.63) is 18.5 Å². The number of nitrogens with one attached hydrogen (secondary N) is 2. The maximum atomic E-state index is 12.6. The van der Waals surface area contributed by atoms with Gasteiger partial charge in [-0.25, -0.2) is 14.8 Å². The largest absolute Gasteiger partial charge is 0.361 e. The molecule has 0 spiro atoms. The lowest BCUT2D eigenvalue weighted by Gasteiger charge is -2.25. The summed E-state index contributed by atoms with van der Waals surface area (Å²) in [4.78, 5) is 35.1. The Balaban J connectivity index is 1.54. The second kappa shape index (κ2) is 10.4. The van der Waals surface area contributed by atoms with Gasteiger partial charge in [0, 0.05) is 46.9 Å². The Morgan fingerprint density at radius 1 is 1.31 bits per heavy atom. The molecule has 0 saturated carbocycles. The van der Waals surface area contributed by atoms with Crippen LogP contribution < -0.4 is 10.6 Å². The van der Waals surface area contributed by atoms with Crippen molar-refractivity contribution in [2.75, 3.05) is 25.0 Å². The molecule has 1 aliphatic heterocycles. The summed E-state index contributed by atoms with van der Waals surface area (Å²) in [7, 11) is -1.11. The van der Waals surface area contributed by atoms with Crippen molar-refractivity contribution in [2.24, 2.45) is 5.92 Å². The van der Waals surface area contributed by atoms with Gasteiger partial charge in [-0.15, -0.1) is 0 Å². The van der Waals surface area contributed by atoms with E-state index in [2.05, 4.69) is 47.2 Å². The molecule has 3 rings (SSSR count). The van der Waals surface area contributed by atoms with Crippen LogP contribution in [0.4, 0.5) is 10.6 Å². The van der Waals surface area contributed by atoms with E-state index in [4.69, 9.17) is 4.74 Å². The van der Waals surface area contributed by atoms with Crippen molar-refractivity contribution >= 4 is 37.0 Å². The Kier molecular flexibility index (Phi) is 7.89. The Hall–Kier alpha value is -2.46. The van der Waals surface area contributed by atoms with Crippen LogP contribution in [0.3, 0.4) is 0 Å². The lowest BCUT2D eigenvalue weighted by molar-refractivity contribution is -0.129. The van der Waals surface area contributed by atoms with Crippen LogP contribution in [-0.2, 0) is 16.3 Å². The summed E-state index contributed by atoms with van der Waals surface area (Å²) in [5.74, 6) is 0.661. The van der Waals surface area contributed by atoms with Gasteiger partial charge in [0.25, 0.3) is 0 Å². The van der Waals surface area contributed by atoms with Gasteiger partial charge in [0.05, 0.1) is 6.20 Å². The fourth-order valence-corrected chi connectivity index (χ4v) is 4.60. The van der Waals surface area contributed by atoms with E-state index in [1.165, 1.54) is 0 Å². The van der Waals surface area contributed by atoms with E-state index < -0.39 is 8.07 Å². The van der Waals surface area contributed by atoms with Gasteiger partial charge in [0.2, 0.25) is 5.91 Å². The highest BCUT2D eigenvalue weighted by Gasteiger charge is 2.26. The van der Waals surface area contributed by atoms with Crippen LogP contribution >= 0.6 is 0 Å². The van der Waals surface area contributed by atoms with Crippen LogP contribution in [0.1, 0.15) is 26.7 Å². The molecule has 0 aliphatic carbocycles. The highest BCUT2D eigenvalue weighted by molar-refractivity contribution is 6.76. The topological polar surface area (TPSA) is 101 Å². The molecule has 0 radical (unpaired) electrons. The second-order valence-corrected chi connectivity index (χ2v) is 15.5. The molecule has 3 heterocycles. The number of likely N-dealkylation sites (tertiary alicyclic amines) is 1. The monoisotopic (exact) mass is 460 g/mol. The number of carbonyl (C=O) groups excluding carboxylic acids is 2. The van der Waals surface area contributed by atoms with Crippen LogP contribution in [0, 0.1) is 5.92 Å². The molecule has 0 bridgehead atoms. The predicted octanol–water partition coefficient (Wildman–Crippen LogP) is 3.51. The summed E-state index contributed by atoms with van der Waals surface area (Å²) in [5, 5.41) is 5.83. The van der Waals surface area contributed by atoms with Crippen LogP contribution in [0.15, 0.2) is 18.5 Å². The number of nitrogens with zero attached hydrogens (tertiary/aromatic N) is 4. The van der Waals surface area contributed by atoms with Crippen molar-refractivity contribution < 1.29 is 14.3 Å². The first-order valence-corrected chi connectivity index (χ1v) is 15.1. The summed E-state index contributed by atoms with van der Waals surface area (Å²) < 4.78 is 7.73. The number of hydrogen-bond donors (Lipinski definition) is 2. The zero-order valence-electron chi connectivity index (χ0n) is 19.9. The molecule has 176 valence electrons. The van der Waals surface area contributed by atoms with Crippen molar-refractivity contribution in [1.29, 1.82) is 0 Å². The van der Waals surface area contributed by atoms with Crippen LogP contribution in [0.25, 0.3) is 11.2 Å². The van der Waals surface area contributed by atoms with Crippen molar-refractivity contribution in [3.8, 4) is 0 Å². The summed E-state index contributed by atoms with van der Waals surface area (Å²) in [6, 6.07) is 2.69. The molecular formula is C22H36N6O3Si. The first kappa shape index (κ1) is 24.2. The van der Waals surface area contributed by atoms with Crippen LogP contribution in [0.5, 0.6) is 0 Å². The second-order valence-electron chi connectivity index (χ2n) is 9.89. The Morgan fingerprint density at radius 3 is 2.81 bits per heavy atom. The maximum Gasteiger partial charge on any atom is 0.320 e. The number of amides is 3. The van der Waals surface area contributed by atoms with Gasteiger partial charge >= 0.3 is 6.03 Å². The smallest absolute Gasteiger partial charge is 0.320 e. The number of ether oxygens (including phenoxy) is 1. The molecule has 1 fully saturated rings. The molecule has 2 aromatic heterocycles. The Labute approximate surface area is 190 Å². The third kappa shape index (κ3) is 6.77. The third-order valence-corrected chi connectivity index (χ3v) is 7.54. The molecule has 9 nitrogen and oxygen atoms in total.